The molecular formula is C17H28O3S2. The summed E-state index contributed by atoms with van der Waals surface area (Å²) in [6.07, 6.45) is 11.1. The first kappa shape index (κ1) is 19.6. The van der Waals surface area contributed by atoms with E-state index in [1.807, 2.05) is 30.4 Å². The minimum atomic E-state index is -0.241. The molecule has 3 nitrogen and oxygen atoms in total. The molecular weight excluding hydrogens is 316 g/mol. The smallest absolute Gasteiger partial charge is 0.330 e. The van der Waals surface area contributed by atoms with Crippen LogP contribution in [0.5, 0.6) is 0 Å². The maximum absolute atomic E-state index is 11.5. The molecule has 5 heteroatoms. The van der Waals surface area contributed by atoms with Crippen molar-refractivity contribution in [2.24, 2.45) is 0 Å². The predicted molar refractivity (Wildman–Crippen MR) is 96.4 cm³/mol. The molecule has 0 amide bonds. The van der Waals surface area contributed by atoms with E-state index in [0.717, 1.165) is 43.6 Å². The second-order valence-electron chi connectivity index (χ2n) is 5.56. The topological polar surface area (TPSA) is 43.4 Å². The zero-order valence-corrected chi connectivity index (χ0v) is 15.4. The summed E-state index contributed by atoms with van der Waals surface area (Å²) in [4.78, 5) is 22.5. The summed E-state index contributed by atoms with van der Waals surface area (Å²) in [6.45, 7) is 3.91. The first-order valence-electron chi connectivity index (χ1n) is 8.21. The third-order valence-electron chi connectivity index (χ3n) is 3.55. The SMILES string of the molecule is CCOC(=O)/C=C/C1(CCCCCCC(C)=O)SCCCS1. The van der Waals surface area contributed by atoms with Crippen LogP contribution in [0.1, 0.15) is 58.8 Å². The van der Waals surface area contributed by atoms with E-state index in [1.54, 1.807) is 13.0 Å². The standard InChI is InChI=1S/C17H28O3S2/c1-3-20-16(19)10-12-17(21-13-8-14-22-17)11-7-5-4-6-9-15(2)18/h10,12H,3-9,11,13-14H2,1-2H3/b12-10+. The molecule has 0 saturated carbocycles. The molecule has 0 aliphatic carbocycles. The molecule has 0 aromatic heterocycles. The second-order valence-corrected chi connectivity index (χ2v) is 8.67. The average molecular weight is 345 g/mol. The van der Waals surface area contributed by atoms with Gasteiger partial charge in [0.05, 0.1) is 10.7 Å². The molecule has 1 saturated heterocycles. The quantitative estimate of drug-likeness (QED) is 0.329. The summed E-state index contributed by atoms with van der Waals surface area (Å²) in [6, 6.07) is 0. The van der Waals surface area contributed by atoms with E-state index in [4.69, 9.17) is 4.74 Å². The Balaban J connectivity index is 2.39. The van der Waals surface area contributed by atoms with Gasteiger partial charge in [-0.2, -0.15) is 0 Å². The molecule has 22 heavy (non-hydrogen) atoms. The maximum Gasteiger partial charge on any atom is 0.330 e. The summed E-state index contributed by atoms with van der Waals surface area (Å²) < 4.78 is 5.02. The van der Waals surface area contributed by atoms with Crippen LogP contribution in [0.3, 0.4) is 0 Å². The highest BCUT2D eigenvalue weighted by molar-refractivity contribution is 8.19. The monoisotopic (exact) mass is 344 g/mol. The van der Waals surface area contributed by atoms with Gasteiger partial charge in [0.15, 0.2) is 0 Å². The van der Waals surface area contributed by atoms with Crippen molar-refractivity contribution in [1.29, 1.82) is 0 Å². The van der Waals surface area contributed by atoms with E-state index < -0.39 is 0 Å². The molecule has 0 spiro atoms. The molecule has 0 N–H and O–H groups in total. The zero-order chi connectivity index (χ0) is 16.3. The van der Waals surface area contributed by atoms with Gasteiger partial charge >= 0.3 is 5.97 Å². The van der Waals surface area contributed by atoms with Crippen LogP contribution in [0.15, 0.2) is 12.2 Å². The van der Waals surface area contributed by atoms with Crippen molar-refractivity contribution in [3.05, 3.63) is 12.2 Å². The lowest BCUT2D eigenvalue weighted by Crippen LogP contribution is -2.23. The lowest BCUT2D eigenvalue weighted by atomic mass is 10.1. The van der Waals surface area contributed by atoms with Gasteiger partial charge in [0.25, 0.3) is 0 Å². The molecule has 1 aliphatic heterocycles. The highest BCUT2D eigenvalue weighted by Crippen LogP contribution is 2.47. The van der Waals surface area contributed by atoms with Gasteiger partial charge < -0.3 is 9.53 Å². The van der Waals surface area contributed by atoms with Crippen LogP contribution in [-0.4, -0.2) is 33.9 Å². The van der Waals surface area contributed by atoms with Gasteiger partial charge in [-0.3, -0.25) is 0 Å². The Morgan fingerprint density at radius 1 is 1.14 bits per heavy atom. The third kappa shape index (κ3) is 8.28. The molecule has 0 aromatic carbocycles. The summed E-state index contributed by atoms with van der Waals surface area (Å²) in [7, 11) is 0. The Bertz CT molecular complexity index is 374. The van der Waals surface area contributed by atoms with Crippen molar-refractivity contribution >= 4 is 35.3 Å². The van der Waals surface area contributed by atoms with Gasteiger partial charge in [0, 0.05) is 12.5 Å². The number of rotatable bonds is 10. The number of esters is 1. The van der Waals surface area contributed by atoms with Gasteiger partial charge in [-0.15, -0.1) is 23.5 Å². The molecule has 1 fully saturated rings. The summed E-state index contributed by atoms with van der Waals surface area (Å²) in [5, 5.41) is 0. The highest BCUT2D eigenvalue weighted by Gasteiger charge is 2.30. The number of hydrogen-bond acceptors (Lipinski definition) is 5. The number of ketones is 1. The Hall–Kier alpha value is -0.420. The fourth-order valence-corrected chi connectivity index (χ4v) is 5.59. The van der Waals surface area contributed by atoms with Crippen LogP contribution in [0.2, 0.25) is 0 Å². The largest absolute Gasteiger partial charge is 0.463 e. The minimum Gasteiger partial charge on any atom is -0.463 e. The second kappa shape index (κ2) is 11.2. The van der Waals surface area contributed by atoms with Crippen LogP contribution in [0.4, 0.5) is 0 Å². The van der Waals surface area contributed by atoms with Crippen LogP contribution in [0.25, 0.3) is 0 Å². The first-order chi connectivity index (χ1) is 10.6. The summed E-state index contributed by atoms with van der Waals surface area (Å²) >= 11 is 3.91. The molecule has 1 aliphatic rings. The average Bonchev–Trinajstić information content (AvgIpc) is 2.50. The van der Waals surface area contributed by atoms with Crippen molar-refractivity contribution < 1.29 is 14.3 Å². The van der Waals surface area contributed by atoms with Crippen LogP contribution < -0.4 is 0 Å². The molecule has 1 rings (SSSR count). The van der Waals surface area contributed by atoms with E-state index >= 15 is 0 Å². The van der Waals surface area contributed by atoms with Crippen molar-refractivity contribution in [2.75, 3.05) is 18.1 Å². The molecule has 0 bridgehead atoms. The van der Waals surface area contributed by atoms with Gasteiger partial charge in [-0.1, -0.05) is 25.3 Å². The number of carbonyl (C=O) groups is 2. The number of thioether (sulfide) groups is 2. The van der Waals surface area contributed by atoms with Crippen molar-refractivity contribution in [1.82, 2.24) is 0 Å². The lowest BCUT2D eigenvalue weighted by Gasteiger charge is -2.33. The predicted octanol–water partition coefficient (Wildman–Crippen LogP) is 4.60. The Morgan fingerprint density at radius 2 is 1.82 bits per heavy atom. The number of ether oxygens (including phenoxy) is 1. The van der Waals surface area contributed by atoms with Crippen molar-refractivity contribution in [3.8, 4) is 0 Å². The zero-order valence-electron chi connectivity index (χ0n) is 13.8. The van der Waals surface area contributed by atoms with E-state index in [9.17, 15) is 9.59 Å². The minimum absolute atomic E-state index is 0.0333. The van der Waals surface area contributed by atoms with Crippen molar-refractivity contribution in [3.63, 3.8) is 0 Å². The van der Waals surface area contributed by atoms with Crippen molar-refractivity contribution in [2.45, 2.75) is 62.9 Å². The molecule has 0 aromatic rings. The summed E-state index contributed by atoms with van der Waals surface area (Å²) in [5.41, 5.74) is 0. The van der Waals surface area contributed by atoms with E-state index in [0.29, 0.717) is 13.0 Å². The third-order valence-corrected chi connectivity index (χ3v) is 6.90. The van der Waals surface area contributed by atoms with Gasteiger partial charge in [-0.25, -0.2) is 4.79 Å². The number of unbranched alkanes of at least 4 members (excludes halogenated alkanes) is 3. The lowest BCUT2D eigenvalue weighted by molar-refractivity contribution is -0.137. The first-order valence-corrected chi connectivity index (χ1v) is 10.2. The van der Waals surface area contributed by atoms with Gasteiger partial charge in [0.1, 0.15) is 5.78 Å². The van der Waals surface area contributed by atoms with Crippen LogP contribution in [0, 0.1) is 0 Å². The van der Waals surface area contributed by atoms with E-state index in [-0.39, 0.29) is 15.8 Å². The number of carbonyl (C=O) groups excluding carboxylic acids is 2. The molecule has 0 atom stereocenters. The normalized spacial score (nSPS) is 17.5. The number of Topliss-reactive ketones (excluding diaryl/α,β-unsaturated/α-hetero) is 1. The van der Waals surface area contributed by atoms with Gasteiger partial charge in [-0.05, 0) is 44.6 Å². The summed E-state index contributed by atoms with van der Waals surface area (Å²) in [5.74, 6) is 2.36. The molecule has 0 unspecified atom stereocenters. The fraction of sp³-hybridized carbons (Fsp3) is 0.765. The van der Waals surface area contributed by atoms with Gasteiger partial charge in [0.2, 0.25) is 0 Å². The molecule has 1 heterocycles. The Labute approximate surface area is 143 Å². The molecule has 0 radical (unpaired) electrons. The Morgan fingerprint density at radius 3 is 2.45 bits per heavy atom. The van der Waals surface area contributed by atoms with E-state index in [1.165, 1.54) is 6.42 Å². The highest BCUT2D eigenvalue weighted by atomic mass is 32.2. The number of hydrogen-bond donors (Lipinski definition) is 0. The molecule has 126 valence electrons. The van der Waals surface area contributed by atoms with Crippen LogP contribution >= 0.6 is 23.5 Å². The van der Waals surface area contributed by atoms with Crippen LogP contribution in [-0.2, 0) is 14.3 Å². The fourth-order valence-electron chi connectivity index (χ4n) is 2.40. The Kier molecular flexibility index (Phi) is 9.96. The maximum atomic E-state index is 11.5. The van der Waals surface area contributed by atoms with E-state index in [2.05, 4.69) is 6.08 Å².